The molecule has 6 nitrogen and oxygen atoms in total. The first kappa shape index (κ1) is 24.3. The second kappa shape index (κ2) is 11.3. The number of rotatable bonds is 6. The topological polar surface area (TPSA) is 57.2 Å². The van der Waals surface area contributed by atoms with Crippen molar-refractivity contribution in [1.82, 2.24) is 15.1 Å². The molecule has 0 unspecified atom stereocenters. The number of piperidine rings is 1. The van der Waals surface area contributed by atoms with Gasteiger partial charge in [-0.1, -0.05) is 12.8 Å². The third kappa shape index (κ3) is 8.87. The molecular weight excluding hydrogens is 455 g/mol. The molecule has 0 aromatic carbocycles. The molecule has 1 saturated heterocycles. The van der Waals surface area contributed by atoms with E-state index in [0.717, 1.165) is 50.9 Å². The first-order valence-corrected chi connectivity index (χ1v) is 10.3. The highest BCUT2D eigenvalue weighted by Gasteiger charge is 2.27. The van der Waals surface area contributed by atoms with Gasteiger partial charge < -0.3 is 19.9 Å². The number of guanidine groups is 1. The number of ether oxygens (including phenoxy) is 1. The molecule has 1 heterocycles. The summed E-state index contributed by atoms with van der Waals surface area (Å²) in [5, 5.41) is 3.51. The Bertz CT molecular complexity index is 481. The Hall–Kier alpha value is -0.730. The minimum Gasteiger partial charge on any atom is -0.444 e. The molecule has 2 rings (SSSR count). The third-order valence-electron chi connectivity index (χ3n) is 5.17. The predicted octanol–water partition coefficient (Wildman–Crippen LogP) is 3.95. The van der Waals surface area contributed by atoms with Gasteiger partial charge in [-0.05, 0) is 58.8 Å². The summed E-state index contributed by atoms with van der Waals surface area (Å²) in [6.07, 6.45) is 6.04. The Morgan fingerprint density at radius 2 is 1.81 bits per heavy atom. The molecule has 0 bridgehead atoms. The summed E-state index contributed by atoms with van der Waals surface area (Å²) >= 11 is 0. The predicted molar refractivity (Wildman–Crippen MR) is 122 cm³/mol. The van der Waals surface area contributed by atoms with Crippen LogP contribution in [0.4, 0.5) is 4.79 Å². The van der Waals surface area contributed by atoms with E-state index in [0.29, 0.717) is 12.5 Å². The first-order valence-electron chi connectivity index (χ1n) is 10.3. The quantitative estimate of drug-likeness (QED) is 0.345. The van der Waals surface area contributed by atoms with Gasteiger partial charge in [0.15, 0.2) is 5.96 Å². The van der Waals surface area contributed by atoms with Crippen molar-refractivity contribution in [2.45, 2.75) is 65.4 Å². The van der Waals surface area contributed by atoms with Crippen molar-refractivity contribution in [3.8, 4) is 0 Å². The van der Waals surface area contributed by atoms with Crippen LogP contribution in [0.3, 0.4) is 0 Å². The van der Waals surface area contributed by atoms with E-state index >= 15 is 0 Å². The molecular formula is C20H39IN4O2. The highest BCUT2D eigenvalue weighted by Crippen LogP contribution is 2.31. The van der Waals surface area contributed by atoms with Crippen LogP contribution >= 0.6 is 24.0 Å². The van der Waals surface area contributed by atoms with E-state index in [-0.39, 0.29) is 30.1 Å². The maximum absolute atomic E-state index is 12.3. The first-order chi connectivity index (χ1) is 12.3. The number of nitrogens with one attached hydrogen (secondary N) is 1. The second-order valence-corrected chi connectivity index (χ2v) is 8.66. The Balaban J connectivity index is 0.00000364. The number of carbonyl (C=O) groups excluding carboxylic acids is 1. The molecule has 1 saturated carbocycles. The number of amides is 1. The van der Waals surface area contributed by atoms with Crippen LogP contribution in [-0.4, -0.2) is 67.2 Å². The SMILES string of the molecule is CCN(CC1CCN(C(=NC)NCCC2CC2)CC1)C(=O)OC(C)(C)C.I. The van der Waals surface area contributed by atoms with Crippen LogP contribution in [0, 0.1) is 11.8 Å². The standard InChI is InChI=1S/C20H38N4O2.HI/c1-6-23(19(25)26-20(2,3)4)15-17-10-13-24(14-11-17)18(21-5)22-12-9-16-7-8-16;/h16-17H,6-15H2,1-5H3,(H,21,22);1H. The summed E-state index contributed by atoms with van der Waals surface area (Å²) in [6, 6.07) is 0. The molecule has 0 aromatic rings. The van der Waals surface area contributed by atoms with Crippen molar-refractivity contribution < 1.29 is 9.53 Å². The number of nitrogens with zero attached hydrogens (tertiary/aromatic N) is 3. The highest BCUT2D eigenvalue weighted by atomic mass is 127. The molecule has 158 valence electrons. The maximum atomic E-state index is 12.3. The van der Waals surface area contributed by atoms with E-state index in [9.17, 15) is 4.79 Å². The van der Waals surface area contributed by atoms with E-state index < -0.39 is 5.60 Å². The fourth-order valence-electron chi connectivity index (χ4n) is 3.43. The number of halogens is 1. The number of likely N-dealkylation sites (tertiary alicyclic amines) is 1. The van der Waals surface area contributed by atoms with Crippen LogP contribution in [0.1, 0.15) is 59.8 Å². The average Bonchev–Trinajstić information content (AvgIpc) is 3.40. The van der Waals surface area contributed by atoms with Crippen LogP contribution in [-0.2, 0) is 4.74 Å². The van der Waals surface area contributed by atoms with E-state index in [1.165, 1.54) is 19.3 Å². The summed E-state index contributed by atoms with van der Waals surface area (Å²) in [4.78, 5) is 21.0. The molecule has 1 N–H and O–H groups in total. The van der Waals surface area contributed by atoms with E-state index in [1.807, 2.05) is 39.6 Å². The monoisotopic (exact) mass is 494 g/mol. The lowest BCUT2D eigenvalue weighted by atomic mass is 9.96. The summed E-state index contributed by atoms with van der Waals surface area (Å²) in [5.74, 6) is 2.51. The van der Waals surface area contributed by atoms with Crippen LogP contribution in [0.25, 0.3) is 0 Å². The second-order valence-electron chi connectivity index (χ2n) is 8.66. The molecule has 0 aromatic heterocycles. The van der Waals surface area contributed by atoms with Gasteiger partial charge in [-0.3, -0.25) is 4.99 Å². The summed E-state index contributed by atoms with van der Waals surface area (Å²) < 4.78 is 5.53. The zero-order chi connectivity index (χ0) is 19.2. The smallest absolute Gasteiger partial charge is 0.410 e. The lowest BCUT2D eigenvalue weighted by Gasteiger charge is -2.36. The lowest BCUT2D eigenvalue weighted by Crippen LogP contribution is -2.48. The van der Waals surface area contributed by atoms with Crippen molar-refractivity contribution in [1.29, 1.82) is 0 Å². The molecule has 27 heavy (non-hydrogen) atoms. The molecule has 2 fully saturated rings. The van der Waals surface area contributed by atoms with Crippen LogP contribution in [0.2, 0.25) is 0 Å². The molecule has 7 heteroatoms. The van der Waals surface area contributed by atoms with Gasteiger partial charge in [-0.15, -0.1) is 24.0 Å². The summed E-state index contributed by atoms with van der Waals surface area (Å²) in [5.41, 5.74) is -0.438. The van der Waals surface area contributed by atoms with E-state index in [1.54, 1.807) is 0 Å². The fourth-order valence-corrected chi connectivity index (χ4v) is 3.43. The van der Waals surface area contributed by atoms with Crippen molar-refractivity contribution in [2.75, 3.05) is 39.8 Å². The van der Waals surface area contributed by atoms with Gasteiger partial charge in [-0.2, -0.15) is 0 Å². The molecule has 1 aliphatic carbocycles. The van der Waals surface area contributed by atoms with Crippen molar-refractivity contribution in [3.05, 3.63) is 0 Å². The van der Waals surface area contributed by atoms with Crippen LogP contribution < -0.4 is 5.32 Å². The van der Waals surface area contributed by atoms with E-state index in [2.05, 4.69) is 15.2 Å². The third-order valence-corrected chi connectivity index (χ3v) is 5.17. The Kier molecular flexibility index (Phi) is 10.2. The number of aliphatic imine (C=N–C) groups is 1. The highest BCUT2D eigenvalue weighted by molar-refractivity contribution is 14.0. The van der Waals surface area contributed by atoms with Gasteiger partial charge in [0.1, 0.15) is 5.60 Å². The average molecular weight is 494 g/mol. The molecule has 0 atom stereocenters. The Labute approximate surface area is 182 Å². The van der Waals surface area contributed by atoms with Crippen LogP contribution in [0.15, 0.2) is 4.99 Å². The maximum Gasteiger partial charge on any atom is 0.410 e. The van der Waals surface area contributed by atoms with Gasteiger partial charge in [-0.25, -0.2) is 4.79 Å². The molecule has 1 aliphatic heterocycles. The number of hydrogen-bond donors (Lipinski definition) is 1. The molecule has 0 radical (unpaired) electrons. The van der Waals surface area contributed by atoms with Crippen molar-refractivity contribution >= 4 is 36.0 Å². The van der Waals surface area contributed by atoms with Gasteiger partial charge in [0.2, 0.25) is 0 Å². The Morgan fingerprint density at radius 3 is 2.30 bits per heavy atom. The van der Waals surface area contributed by atoms with E-state index in [4.69, 9.17) is 4.74 Å². The fraction of sp³-hybridized carbons (Fsp3) is 0.900. The molecule has 1 amide bonds. The molecule has 0 spiro atoms. The minimum absolute atomic E-state index is 0. The number of carbonyl (C=O) groups is 1. The van der Waals surface area contributed by atoms with Gasteiger partial charge in [0.25, 0.3) is 0 Å². The lowest BCUT2D eigenvalue weighted by molar-refractivity contribution is 0.0214. The minimum atomic E-state index is -0.438. The number of hydrogen-bond acceptors (Lipinski definition) is 3. The van der Waals surface area contributed by atoms with Gasteiger partial charge in [0.05, 0.1) is 0 Å². The van der Waals surface area contributed by atoms with Crippen LogP contribution in [0.5, 0.6) is 0 Å². The Morgan fingerprint density at radius 1 is 1.19 bits per heavy atom. The van der Waals surface area contributed by atoms with Gasteiger partial charge in [0, 0.05) is 39.8 Å². The zero-order valence-corrected chi connectivity index (χ0v) is 20.1. The largest absolute Gasteiger partial charge is 0.444 e. The normalized spacial score (nSPS) is 18.7. The molecule has 2 aliphatic rings. The summed E-state index contributed by atoms with van der Waals surface area (Å²) in [7, 11) is 1.87. The summed E-state index contributed by atoms with van der Waals surface area (Å²) in [6.45, 7) is 12.3. The van der Waals surface area contributed by atoms with Crippen molar-refractivity contribution in [2.24, 2.45) is 16.8 Å². The van der Waals surface area contributed by atoms with Gasteiger partial charge >= 0.3 is 6.09 Å². The zero-order valence-electron chi connectivity index (χ0n) is 17.8. The van der Waals surface area contributed by atoms with Crippen molar-refractivity contribution in [3.63, 3.8) is 0 Å².